The number of hydrogen-bond donors (Lipinski definition) is 2. The fourth-order valence-corrected chi connectivity index (χ4v) is 2.66. The number of aliphatic carboxylic acids is 1. The highest BCUT2D eigenvalue weighted by molar-refractivity contribution is 5.84. The molecule has 0 saturated carbocycles. The molecule has 0 aliphatic rings. The Morgan fingerprint density at radius 3 is 2.42 bits per heavy atom. The van der Waals surface area contributed by atoms with Gasteiger partial charge in [0.25, 0.3) is 0 Å². The number of rotatable bonds is 9. The highest BCUT2D eigenvalue weighted by Crippen LogP contribution is 2.26. The molecule has 26 heavy (non-hydrogen) atoms. The molecule has 6 nitrogen and oxygen atoms in total. The van der Waals surface area contributed by atoms with Gasteiger partial charge in [0.1, 0.15) is 11.5 Å². The van der Waals surface area contributed by atoms with Crippen molar-refractivity contribution in [1.82, 2.24) is 5.32 Å². The van der Waals surface area contributed by atoms with E-state index < -0.39 is 12.0 Å². The van der Waals surface area contributed by atoms with Gasteiger partial charge in [-0.15, -0.1) is 0 Å². The Kier molecular flexibility index (Phi) is 7.02. The summed E-state index contributed by atoms with van der Waals surface area (Å²) >= 11 is 0. The monoisotopic (exact) mass is 357 g/mol. The summed E-state index contributed by atoms with van der Waals surface area (Å²) in [5, 5.41) is 11.9. The average Bonchev–Trinajstić information content (AvgIpc) is 2.66. The van der Waals surface area contributed by atoms with Crippen LogP contribution in [0.3, 0.4) is 0 Å². The van der Waals surface area contributed by atoms with Crippen LogP contribution in [0.25, 0.3) is 0 Å². The molecule has 0 fully saturated rings. The number of ether oxygens (including phenoxy) is 2. The van der Waals surface area contributed by atoms with Gasteiger partial charge < -0.3 is 19.9 Å². The maximum atomic E-state index is 12.2. The molecule has 0 spiro atoms. The van der Waals surface area contributed by atoms with E-state index in [4.69, 9.17) is 9.47 Å². The van der Waals surface area contributed by atoms with Crippen molar-refractivity contribution >= 4 is 11.9 Å². The quantitative estimate of drug-likeness (QED) is 0.721. The lowest BCUT2D eigenvalue weighted by Crippen LogP contribution is -2.33. The zero-order chi connectivity index (χ0) is 18.9. The predicted octanol–water partition coefficient (Wildman–Crippen LogP) is 2.97. The van der Waals surface area contributed by atoms with E-state index in [1.54, 1.807) is 50.6 Å². The number of carbonyl (C=O) groups is 2. The van der Waals surface area contributed by atoms with Crippen LogP contribution in [-0.4, -0.2) is 31.2 Å². The fraction of sp³-hybridized carbons (Fsp3) is 0.300. The van der Waals surface area contributed by atoms with Crippen LogP contribution in [0, 0.1) is 0 Å². The lowest BCUT2D eigenvalue weighted by molar-refractivity contribution is -0.142. The van der Waals surface area contributed by atoms with Crippen LogP contribution in [-0.2, 0) is 16.0 Å². The lowest BCUT2D eigenvalue weighted by atomic mass is 10.0. The Morgan fingerprint density at radius 2 is 1.81 bits per heavy atom. The van der Waals surface area contributed by atoms with Gasteiger partial charge in [0.15, 0.2) is 6.04 Å². The summed E-state index contributed by atoms with van der Waals surface area (Å²) in [6, 6.07) is 13.1. The van der Waals surface area contributed by atoms with E-state index in [9.17, 15) is 14.7 Å². The van der Waals surface area contributed by atoms with E-state index in [0.717, 1.165) is 5.56 Å². The number of carboxylic acids is 1. The van der Waals surface area contributed by atoms with Crippen LogP contribution in [0.4, 0.5) is 0 Å². The third kappa shape index (κ3) is 5.24. The minimum absolute atomic E-state index is 0.228. The van der Waals surface area contributed by atoms with Crippen molar-refractivity contribution in [3.8, 4) is 11.5 Å². The molecule has 2 aromatic carbocycles. The molecule has 0 heterocycles. The molecule has 0 unspecified atom stereocenters. The second-order valence-corrected chi connectivity index (χ2v) is 5.78. The van der Waals surface area contributed by atoms with Crippen LogP contribution < -0.4 is 14.8 Å². The summed E-state index contributed by atoms with van der Waals surface area (Å²) < 4.78 is 10.5. The minimum atomic E-state index is -1.08. The van der Waals surface area contributed by atoms with Crippen molar-refractivity contribution in [3.63, 3.8) is 0 Å². The van der Waals surface area contributed by atoms with Crippen molar-refractivity contribution in [2.45, 2.75) is 25.3 Å². The molecule has 1 atom stereocenters. The number of hydrogen-bond acceptors (Lipinski definition) is 4. The van der Waals surface area contributed by atoms with Gasteiger partial charge >= 0.3 is 5.97 Å². The van der Waals surface area contributed by atoms with Gasteiger partial charge in [-0.2, -0.15) is 0 Å². The standard InChI is InChI=1S/C20H23NO5/c1-25-16-12-11-14(17(13-16)26-2)9-6-10-18(22)21-19(20(23)24)15-7-4-3-5-8-15/h3-5,7-8,11-13,19H,6,9-10H2,1-2H3,(H,21,22)(H,23,24)/t19-/m1/s1. The maximum Gasteiger partial charge on any atom is 0.330 e. The zero-order valence-corrected chi connectivity index (χ0v) is 14.9. The van der Waals surface area contributed by atoms with Gasteiger partial charge in [-0.1, -0.05) is 36.4 Å². The molecule has 0 saturated heterocycles. The van der Waals surface area contributed by atoms with Gasteiger partial charge in [0.2, 0.25) is 5.91 Å². The van der Waals surface area contributed by atoms with Crippen LogP contribution in [0.2, 0.25) is 0 Å². The highest BCUT2D eigenvalue weighted by Gasteiger charge is 2.21. The summed E-state index contributed by atoms with van der Waals surface area (Å²) in [7, 11) is 3.17. The van der Waals surface area contributed by atoms with Crippen molar-refractivity contribution < 1.29 is 24.2 Å². The van der Waals surface area contributed by atoms with E-state index in [1.807, 2.05) is 12.1 Å². The SMILES string of the molecule is COc1ccc(CCCC(=O)N[C@@H](C(=O)O)c2ccccc2)c(OC)c1. The van der Waals surface area contributed by atoms with Gasteiger partial charge in [-0.3, -0.25) is 4.79 Å². The number of aryl methyl sites for hydroxylation is 1. The first-order valence-electron chi connectivity index (χ1n) is 8.33. The van der Waals surface area contributed by atoms with Crippen LogP contribution in [0.1, 0.15) is 30.0 Å². The third-order valence-corrected chi connectivity index (χ3v) is 4.03. The van der Waals surface area contributed by atoms with E-state index in [0.29, 0.717) is 29.9 Å². The summed E-state index contributed by atoms with van der Waals surface area (Å²) in [6.07, 6.45) is 1.45. The molecule has 0 radical (unpaired) electrons. The predicted molar refractivity (Wildman–Crippen MR) is 97.4 cm³/mol. The van der Waals surface area contributed by atoms with E-state index in [2.05, 4.69) is 5.32 Å². The van der Waals surface area contributed by atoms with Crippen LogP contribution >= 0.6 is 0 Å². The number of nitrogens with one attached hydrogen (secondary N) is 1. The first-order valence-corrected chi connectivity index (χ1v) is 8.33. The average molecular weight is 357 g/mol. The number of benzene rings is 2. The number of carboxylic acid groups (broad SMARTS) is 1. The normalized spacial score (nSPS) is 11.5. The molecule has 0 aliphatic carbocycles. The topological polar surface area (TPSA) is 84.9 Å². The Morgan fingerprint density at radius 1 is 1.08 bits per heavy atom. The molecule has 0 aromatic heterocycles. The van der Waals surface area contributed by atoms with E-state index in [-0.39, 0.29) is 12.3 Å². The van der Waals surface area contributed by atoms with Crippen molar-refractivity contribution in [2.75, 3.05) is 14.2 Å². The van der Waals surface area contributed by atoms with Gasteiger partial charge in [-0.25, -0.2) is 4.79 Å². The Hall–Kier alpha value is -3.02. The zero-order valence-electron chi connectivity index (χ0n) is 14.9. The van der Waals surface area contributed by atoms with Crippen molar-refractivity contribution in [1.29, 1.82) is 0 Å². The van der Waals surface area contributed by atoms with Crippen LogP contribution in [0.5, 0.6) is 11.5 Å². The third-order valence-electron chi connectivity index (χ3n) is 4.03. The highest BCUT2D eigenvalue weighted by atomic mass is 16.5. The molecule has 2 N–H and O–H groups in total. The van der Waals surface area contributed by atoms with Gasteiger partial charge in [0.05, 0.1) is 14.2 Å². The van der Waals surface area contributed by atoms with E-state index in [1.165, 1.54) is 0 Å². The second-order valence-electron chi connectivity index (χ2n) is 5.78. The van der Waals surface area contributed by atoms with E-state index >= 15 is 0 Å². The molecule has 2 rings (SSSR count). The van der Waals surface area contributed by atoms with Gasteiger partial charge in [-0.05, 0) is 30.0 Å². The molecule has 6 heteroatoms. The molecule has 2 aromatic rings. The van der Waals surface area contributed by atoms with Crippen LogP contribution in [0.15, 0.2) is 48.5 Å². The molecule has 138 valence electrons. The maximum absolute atomic E-state index is 12.2. The lowest BCUT2D eigenvalue weighted by Gasteiger charge is -2.15. The summed E-state index contributed by atoms with van der Waals surface area (Å²) in [5.74, 6) is 0.0306. The Bertz CT molecular complexity index is 745. The second kappa shape index (κ2) is 9.46. The van der Waals surface area contributed by atoms with Crippen molar-refractivity contribution in [2.24, 2.45) is 0 Å². The Balaban J connectivity index is 1.91. The molecule has 1 amide bonds. The summed E-state index contributed by atoms with van der Waals surface area (Å²) in [5.41, 5.74) is 1.52. The Labute approximate surface area is 152 Å². The van der Waals surface area contributed by atoms with Gasteiger partial charge in [0, 0.05) is 12.5 Å². The smallest absolute Gasteiger partial charge is 0.330 e. The largest absolute Gasteiger partial charge is 0.497 e. The van der Waals surface area contributed by atoms with Crippen molar-refractivity contribution in [3.05, 3.63) is 59.7 Å². The molecule has 0 aliphatic heterocycles. The fourth-order valence-electron chi connectivity index (χ4n) is 2.66. The first-order chi connectivity index (χ1) is 12.5. The molecular weight excluding hydrogens is 334 g/mol. The number of amides is 1. The first kappa shape index (κ1) is 19.3. The number of methoxy groups -OCH3 is 2. The minimum Gasteiger partial charge on any atom is -0.497 e. The summed E-state index contributed by atoms with van der Waals surface area (Å²) in [4.78, 5) is 23.6. The molecular formula is C20H23NO5. The molecule has 0 bridgehead atoms. The summed E-state index contributed by atoms with van der Waals surface area (Å²) in [6.45, 7) is 0. The number of carbonyl (C=O) groups excluding carboxylic acids is 1.